The topological polar surface area (TPSA) is 94.8 Å². The molecule has 0 heterocycles. The monoisotopic (exact) mass is 310 g/mol. The van der Waals surface area contributed by atoms with Crippen molar-refractivity contribution in [2.45, 2.75) is 24.7 Å². The van der Waals surface area contributed by atoms with Crippen molar-refractivity contribution in [3.63, 3.8) is 0 Å². The van der Waals surface area contributed by atoms with E-state index in [9.17, 15) is 24.9 Å². The van der Waals surface area contributed by atoms with Crippen LogP contribution >= 0.6 is 0 Å². The van der Waals surface area contributed by atoms with Crippen LogP contribution in [-0.2, 0) is 4.79 Å². The Balaban J connectivity index is 1.88. The lowest BCUT2D eigenvalue weighted by Gasteiger charge is -2.34. The molecule has 0 bridgehead atoms. The van der Waals surface area contributed by atoms with E-state index in [0.29, 0.717) is 16.7 Å². The quantitative estimate of drug-likeness (QED) is 0.651. The van der Waals surface area contributed by atoms with E-state index in [0.717, 1.165) is 5.56 Å². The van der Waals surface area contributed by atoms with Gasteiger partial charge in [-0.15, -0.1) is 0 Å². The van der Waals surface area contributed by atoms with Crippen molar-refractivity contribution in [1.82, 2.24) is 0 Å². The number of allylic oxidation sites excluding steroid dienone is 2. The number of benzene rings is 1. The Morgan fingerprint density at radius 2 is 1.70 bits per heavy atom. The van der Waals surface area contributed by atoms with E-state index in [-0.39, 0.29) is 23.4 Å². The highest BCUT2D eigenvalue weighted by molar-refractivity contribution is 6.18. The molecule has 3 unspecified atom stereocenters. The summed E-state index contributed by atoms with van der Waals surface area (Å²) < 4.78 is 0. The summed E-state index contributed by atoms with van der Waals surface area (Å²) in [6.45, 7) is 0. The van der Waals surface area contributed by atoms with Crippen LogP contribution in [0.2, 0.25) is 0 Å². The third kappa shape index (κ3) is 1.91. The van der Waals surface area contributed by atoms with E-state index in [2.05, 4.69) is 0 Å². The van der Waals surface area contributed by atoms with Crippen molar-refractivity contribution in [3.8, 4) is 0 Å². The number of aliphatic hydroxyl groups is 3. The van der Waals surface area contributed by atoms with Gasteiger partial charge < -0.3 is 15.3 Å². The molecule has 3 aliphatic rings. The zero-order chi connectivity index (χ0) is 16.3. The molecule has 0 spiro atoms. The predicted molar refractivity (Wildman–Crippen MR) is 81.5 cm³/mol. The summed E-state index contributed by atoms with van der Waals surface area (Å²) in [4.78, 5) is 24.8. The van der Waals surface area contributed by atoms with Gasteiger partial charge in [-0.2, -0.15) is 0 Å². The summed E-state index contributed by atoms with van der Waals surface area (Å²) in [5.41, 5.74) is 2.97. The number of carbonyl (C=O) groups excluding carboxylic acids is 2. The smallest absolute Gasteiger partial charge is 0.193 e. The van der Waals surface area contributed by atoms with Crippen molar-refractivity contribution >= 4 is 17.6 Å². The molecule has 0 amide bonds. The second-order valence-electron chi connectivity index (χ2n) is 6.00. The lowest BCUT2D eigenvalue weighted by atomic mass is 9.73. The van der Waals surface area contributed by atoms with Gasteiger partial charge in [0.15, 0.2) is 11.6 Å². The van der Waals surface area contributed by atoms with Crippen LogP contribution < -0.4 is 0 Å². The van der Waals surface area contributed by atoms with Gasteiger partial charge in [-0.25, -0.2) is 0 Å². The van der Waals surface area contributed by atoms with Gasteiger partial charge in [0.2, 0.25) is 0 Å². The van der Waals surface area contributed by atoms with Gasteiger partial charge in [0, 0.05) is 23.1 Å². The fourth-order valence-corrected chi connectivity index (χ4v) is 3.41. The van der Waals surface area contributed by atoms with E-state index < -0.39 is 24.1 Å². The minimum absolute atomic E-state index is 0.162. The maximum Gasteiger partial charge on any atom is 0.193 e. The summed E-state index contributed by atoms with van der Waals surface area (Å²) in [7, 11) is 0. The first-order valence-electron chi connectivity index (χ1n) is 7.37. The molecule has 3 atom stereocenters. The standard InChI is InChI=1S/C18H14O5/c19-14-10-4-2-1-3-8(10)5-9-6-12-13(7-11(9)14)16(21)18(23)17(22)15(12)20/h1-5,7,16-18,21-23H,6H2. The number of rotatable bonds is 0. The molecule has 3 aliphatic carbocycles. The molecule has 0 fully saturated rings. The van der Waals surface area contributed by atoms with Crippen LogP contribution in [0.3, 0.4) is 0 Å². The molecular weight excluding hydrogens is 296 g/mol. The maximum absolute atomic E-state index is 12.6. The van der Waals surface area contributed by atoms with Crippen LogP contribution in [-0.4, -0.2) is 45.2 Å². The van der Waals surface area contributed by atoms with Gasteiger partial charge in [-0.3, -0.25) is 9.59 Å². The molecule has 1 aromatic carbocycles. The molecule has 0 aromatic heterocycles. The van der Waals surface area contributed by atoms with E-state index in [1.807, 2.05) is 18.2 Å². The Morgan fingerprint density at radius 1 is 0.957 bits per heavy atom. The second-order valence-corrected chi connectivity index (χ2v) is 6.00. The number of Topliss-reactive ketones (excluding diaryl/α,β-unsaturated/α-hetero) is 2. The second kappa shape index (κ2) is 4.83. The van der Waals surface area contributed by atoms with Gasteiger partial charge >= 0.3 is 0 Å². The Hall–Kier alpha value is -2.34. The van der Waals surface area contributed by atoms with E-state index in [1.165, 1.54) is 6.08 Å². The molecule has 5 heteroatoms. The largest absolute Gasteiger partial charge is 0.387 e. The van der Waals surface area contributed by atoms with Crippen LogP contribution in [0.25, 0.3) is 6.08 Å². The zero-order valence-electron chi connectivity index (χ0n) is 12.1. The number of hydrogen-bond donors (Lipinski definition) is 3. The normalized spacial score (nSPS) is 29.4. The van der Waals surface area contributed by atoms with Gasteiger partial charge in [0.1, 0.15) is 18.3 Å². The van der Waals surface area contributed by atoms with Crippen molar-refractivity contribution in [3.05, 3.63) is 63.8 Å². The molecule has 116 valence electrons. The molecule has 23 heavy (non-hydrogen) atoms. The first-order valence-corrected chi connectivity index (χ1v) is 7.37. The number of hydrogen-bond acceptors (Lipinski definition) is 5. The van der Waals surface area contributed by atoms with Crippen LogP contribution in [0.4, 0.5) is 0 Å². The minimum atomic E-state index is -1.63. The predicted octanol–water partition coefficient (Wildman–Crippen LogP) is 0.558. The van der Waals surface area contributed by atoms with Gasteiger partial charge in [-0.1, -0.05) is 24.3 Å². The average molecular weight is 310 g/mol. The van der Waals surface area contributed by atoms with E-state index in [1.54, 1.807) is 12.1 Å². The molecule has 4 rings (SSSR count). The Bertz CT molecular complexity index is 843. The highest BCUT2D eigenvalue weighted by Crippen LogP contribution is 2.40. The first kappa shape index (κ1) is 14.3. The van der Waals surface area contributed by atoms with Crippen molar-refractivity contribution < 1.29 is 24.9 Å². The number of ketones is 2. The molecular formula is C18H14O5. The van der Waals surface area contributed by atoms with Gasteiger partial charge in [0.25, 0.3) is 0 Å². The highest BCUT2D eigenvalue weighted by Gasteiger charge is 2.43. The van der Waals surface area contributed by atoms with Crippen molar-refractivity contribution in [2.24, 2.45) is 0 Å². The number of aliphatic hydroxyl groups excluding tert-OH is 3. The van der Waals surface area contributed by atoms with E-state index in [4.69, 9.17) is 0 Å². The highest BCUT2D eigenvalue weighted by atomic mass is 16.4. The Morgan fingerprint density at radius 3 is 2.48 bits per heavy atom. The molecule has 0 radical (unpaired) electrons. The summed E-state index contributed by atoms with van der Waals surface area (Å²) in [5, 5.41) is 29.7. The molecule has 1 aromatic rings. The number of fused-ring (bicyclic) bond motifs is 2. The first-order chi connectivity index (χ1) is 11.0. The lowest BCUT2D eigenvalue weighted by Crippen LogP contribution is -2.49. The van der Waals surface area contributed by atoms with Gasteiger partial charge in [0.05, 0.1) is 0 Å². The van der Waals surface area contributed by atoms with Crippen LogP contribution in [0.15, 0.2) is 52.6 Å². The fourth-order valence-electron chi connectivity index (χ4n) is 3.41. The molecule has 3 N–H and O–H groups in total. The maximum atomic E-state index is 12.6. The Labute approximate surface area is 131 Å². The average Bonchev–Trinajstić information content (AvgIpc) is 2.57. The summed E-state index contributed by atoms with van der Waals surface area (Å²) in [6.07, 6.45) is -1.09. The van der Waals surface area contributed by atoms with Gasteiger partial charge in [-0.05, 0) is 28.9 Å². The molecule has 5 nitrogen and oxygen atoms in total. The molecule has 0 saturated heterocycles. The van der Waals surface area contributed by atoms with Crippen LogP contribution in [0.5, 0.6) is 0 Å². The summed E-state index contributed by atoms with van der Waals surface area (Å²) in [5.74, 6) is -0.759. The SMILES string of the molecule is O=C1C2=CC3=C(CC2=Cc2ccccc21)C(=O)C(O)C(O)C3O. The third-order valence-corrected chi connectivity index (χ3v) is 4.67. The Kier molecular flexibility index (Phi) is 2.99. The minimum Gasteiger partial charge on any atom is -0.387 e. The summed E-state index contributed by atoms with van der Waals surface area (Å²) >= 11 is 0. The van der Waals surface area contributed by atoms with Crippen LogP contribution in [0.1, 0.15) is 22.3 Å². The lowest BCUT2D eigenvalue weighted by molar-refractivity contribution is -0.135. The summed E-state index contributed by atoms with van der Waals surface area (Å²) in [6, 6.07) is 7.18. The van der Waals surface area contributed by atoms with Crippen LogP contribution in [0, 0.1) is 0 Å². The molecule has 0 saturated carbocycles. The van der Waals surface area contributed by atoms with Crippen molar-refractivity contribution in [2.75, 3.05) is 0 Å². The number of carbonyl (C=O) groups is 2. The van der Waals surface area contributed by atoms with E-state index >= 15 is 0 Å². The van der Waals surface area contributed by atoms with Crippen molar-refractivity contribution in [1.29, 1.82) is 0 Å². The third-order valence-electron chi connectivity index (χ3n) is 4.67. The zero-order valence-corrected chi connectivity index (χ0v) is 12.1. The fraction of sp³-hybridized carbons (Fsp3) is 0.222. The molecule has 0 aliphatic heterocycles.